The molecule has 37 heavy (non-hydrogen) atoms. The van der Waals surface area contributed by atoms with E-state index in [0.717, 1.165) is 50.2 Å². The van der Waals surface area contributed by atoms with E-state index in [2.05, 4.69) is 19.8 Å². The SMILES string of the molecule is O=c1[nH]ccc2c3nc(N4CCC(O)(COCCCN5CCOCC5)CC4)[nH]c3c3ccc(F)cc3c12. The third-order valence-electron chi connectivity index (χ3n) is 7.66. The first kappa shape index (κ1) is 24.3. The van der Waals surface area contributed by atoms with Gasteiger partial charge in [-0.25, -0.2) is 9.37 Å². The van der Waals surface area contributed by atoms with Crippen molar-refractivity contribution in [1.82, 2.24) is 19.9 Å². The number of imidazole rings is 1. The first-order valence-corrected chi connectivity index (χ1v) is 13.0. The third kappa shape index (κ3) is 4.82. The molecule has 0 unspecified atom stereocenters. The molecule has 2 aromatic heterocycles. The lowest BCUT2D eigenvalue weighted by molar-refractivity contribution is -0.0626. The molecule has 2 fully saturated rings. The molecule has 2 saturated heterocycles. The number of morpholine rings is 1. The van der Waals surface area contributed by atoms with Crippen LogP contribution in [0.4, 0.5) is 10.3 Å². The summed E-state index contributed by atoms with van der Waals surface area (Å²) >= 11 is 0. The number of halogens is 1. The van der Waals surface area contributed by atoms with Crippen molar-refractivity contribution in [1.29, 1.82) is 0 Å². The summed E-state index contributed by atoms with van der Waals surface area (Å²) in [7, 11) is 0. The van der Waals surface area contributed by atoms with E-state index in [9.17, 15) is 14.3 Å². The molecule has 10 heteroatoms. The van der Waals surface area contributed by atoms with Crippen LogP contribution >= 0.6 is 0 Å². The van der Waals surface area contributed by atoms with Gasteiger partial charge in [0.1, 0.15) is 5.82 Å². The lowest BCUT2D eigenvalue weighted by atomic mass is 9.92. The molecule has 3 N–H and O–H groups in total. The zero-order valence-electron chi connectivity index (χ0n) is 20.8. The van der Waals surface area contributed by atoms with Crippen LogP contribution in [0.15, 0.2) is 35.3 Å². The molecule has 2 aliphatic rings. The van der Waals surface area contributed by atoms with Crippen molar-refractivity contribution in [3.63, 3.8) is 0 Å². The zero-order chi connectivity index (χ0) is 25.4. The molecule has 0 saturated carbocycles. The van der Waals surface area contributed by atoms with Crippen molar-refractivity contribution in [2.24, 2.45) is 0 Å². The Morgan fingerprint density at radius 2 is 1.92 bits per heavy atom. The summed E-state index contributed by atoms with van der Waals surface area (Å²) in [5, 5.41) is 13.5. The number of piperidine rings is 1. The number of hydrogen-bond acceptors (Lipinski definition) is 7. The number of pyridine rings is 1. The number of rotatable bonds is 7. The van der Waals surface area contributed by atoms with Crippen LogP contribution in [0.1, 0.15) is 19.3 Å². The van der Waals surface area contributed by atoms with Crippen LogP contribution in [-0.2, 0) is 9.47 Å². The van der Waals surface area contributed by atoms with Crippen molar-refractivity contribution in [3.8, 4) is 0 Å². The predicted octanol–water partition coefficient (Wildman–Crippen LogP) is 2.77. The number of nitrogens with one attached hydrogen (secondary N) is 2. The first-order chi connectivity index (χ1) is 18.0. The van der Waals surface area contributed by atoms with Crippen molar-refractivity contribution >= 4 is 38.5 Å². The second kappa shape index (κ2) is 10.0. The standard InChI is InChI=1S/C27H32FN5O4/c28-18-2-3-19-21(16-18)22-20(4-7-29-25(22)34)24-23(19)30-26(31-24)33-9-5-27(35,6-10-33)17-37-13-1-8-32-11-14-36-15-12-32/h2-4,7,16,35H,1,5-6,8-15,17H2,(H,29,34)(H,30,31). The van der Waals surface area contributed by atoms with Gasteiger partial charge in [-0.3, -0.25) is 9.69 Å². The predicted molar refractivity (Wildman–Crippen MR) is 141 cm³/mol. The fourth-order valence-electron chi connectivity index (χ4n) is 5.54. The lowest BCUT2D eigenvalue weighted by Gasteiger charge is -2.37. The molecular formula is C27H32FN5O4. The fourth-order valence-corrected chi connectivity index (χ4v) is 5.54. The fraction of sp³-hybridized carbons (Fsp3) is 0.481. The Balaban J connectivity index is 1.15. The third-order valence-corrected chi connectivity index (χ3v) is 7.66. The Kier molecular flexibility index (Phi) is 6.58. The van der Waals surface area contributed by atoms with Crippen LogP contribution < -0.4 is 10.5 Å². The van der Waals surface area contributed by atoms with Crippen LogP contribution in [0, 0.1) is 5.82 Å². The van der Waals surface area contributed by atoms with E-state index in [1.54, 1.807) is 18.3 Å². The maximum atomic E-state index is 14.1. The molecule has 0 amide bonds. The van der Waals surface area contributed by atoms with E-state index in [1.165, 1.54) is 12.1 Å². The lowest BCUT2D eigenvalue weighted by Crippen LogP contribution is -2.47. The number of benzene rings is 2. The Morgan fingerprint density at radius 1 is 1.11 bits per heavy atom. The highest BCUT2D eigenvalue weighted by Gasteiger charge is 2.33. The molecule has 0 spiro atoms. The second-order valence-electron chi connectivity index (χ2n) is 10.1. The highest BCUT2D eigenvalue weighted by atomic mass is 19.1. The van der Waals surface area contributed by atoms with Crippen molar-refractivity contribution in [2.75, 3.05) is 64.1 Å². The molecule has 2 aromatic carbocycles. The minimum absolute atomic E-state index is 0.271. The molecule has 4 heterocycles. The number of hydrogen-bond donors (Lipinski definition) is 3. The van der Waals surface area contributed by atoms with E-state index < -0.39 is 11.4 Å². The normalized spacial score (nSPS) is 18.8. The quantitative estimate of drug-likeness (QED) is 0.260. The van der Waals surface area contributed by atoms with Gasteiger partial charge in [-0.15, -0.1) is 0 Å². The molecular weight excluding hydrogens is 477 g/mol. The Labute approximate surface area is 213 Å². The Bertz CT molecular complexity index is 1470. The van der Waals surface area contributed by atoms with Gasteiger partial charge in [0.25, 0.3) is 5.56 Å². The van der Waals surface area contributed by atoms with Crippen molar-refractivity contribution in [3.05, 3.63) is 46.6 Å². The number of aliphatic hydroxyl groups is 1. The van der Waals surface area contributed by atoms with Gasteiger partial charge in [0.2, 0.25) is 5.95 Å². The Hall–Kier alpha value is -3.05. The van der Waals surface area contributed by atoms with Gasteiger partial charge in [-0.2, -0.15) is 0 Å². The van der Waals surface area contributed by atoms with Gasteiger partial charge in [-0.1, -0.05) is 0 Å². The van der Waals surface area contributed by atoms with E-state index in [4.69, 9.17) is 14.5 Å². The van der Waals surface area contributed by atoms with Crippen LogP contribution in [-0.4, -0.2) is 89.7 Å². The highest BCUT2D eigenvalue weighted by Crippen LogP contribution is 2.35. The van der Waals surface area contributed by atoms with E-state index in [-0.39, 0.29) is 5.56 Å². The van der Waals surface area contributed by atoms with Crippen molar-refractivity contribution < 1.29 is 19.0 Å². The summed E-state index contributed by atoms with van der Waals surface area (Å²) in [5.74, 6) is 0.289. The topological polar surface area (TPSA) is 107 Å². The van der Waals surface area contributed by atoms with Gasteiger partial charge < -0.3 is 29.4 Å². The first-order valence-electron chi connectivity index (χ1n) is 13.0. The van der Waals surface area contributed by atoms with E-state index in [1.807, 2.05) is 0 Å². The van der Waals surface area contributed by atoms with Gasteiger partial charge in [0.15, 0.2) is 0 Å². The molecule has 4 aromatic rings. The number of aromatic amines is 2. The minimum Gasteiger partial charge on any atom is -0.387 e. The molecule has 9 nitrogen and oxygen atoms in total. The van der Waals surface area contributed by atoms with E-state index >= 15 is 0 Å². The summed E-state index contributed by atoms with van der Waals surface area (Å²) < 4.78 is 25.3. The number of ether oxygens (including phenoxy) is 2. The molecule has 196 valence electrons. The van der Waals surface area contributed by atoms with Crippen LogP contribution in [0.25, 0.3) is 32.6 Å². The summed E-state index contributed by atoms with van der Waals surface area (Å²) in [5.41, 5.74) is 0.325. The molecule has 0 atom stereocenters. The molecule has 0 bridgehead atoms. The summed E-state index contributed by atoms with van der Waals surface area (Å²) in [6, 6.07) is 6.29. The average Bonchev–Trinajstić information content (AvgIpc) is 3.35. The van der Waals surface area contributed by atoms with Crippen LogP contribution in [0.5, 0.6) is 0 Å². The number of nitrogens with zero attached hydrogens (tertiary/aromatic N) is 3. The smallest absolute Gasteiger partial charge is 0.256 e. The van der Waals surface area contributed by atoms with E-state index in [0.29, 0.717) is 66.8 Å². The molecule has 6 rings (SSSR count). The molecule has 0 aliphatic carbocycles. The summed E-state index contributed by atoms with van der Waals surface area (Å²) in [4.78, 5) is 28.1. The monoisotopic (exact) mass is 509 g/mol. The maximum absolute atomic E-state index is 14.1. The van der Waals surface area contributed by atoms with Crippen molar-refractivity contribution in [2.45, 2.75) is 24.9 Å². The summed E-state index contributed by atoms with van der Waals surface area (Å²) in [6.45, 7) is 6.74. The second-order valence-corrected chi connectivity index (χ2v) is 10.1. The average molecular weight is 510 g/mol. The van der Waals surface area contributed by atoms with Crippen LogP contribution in [0.2, 0.25) is 0 Å². The van der Waals surface area contributed by atoms with Crippen LogP contribution in [0.3, 0.4) is 0 Å². The summed E-state index contributed by atoms with van der Waals surface area (Å²) in [6.07, 6.45) is 3.67. The number of anilines is 1. The minimum atomic E-state index is -0.855. The van der Waals surface area contributed by atoms with Gasteiger partial charge >= 0.3 is 0 Å². The number of H-pyrrole nitrogens is 2. The Morgan fingerprint density at radius 3 is 2.73 bits per heavy atom. The molecule has 0 radical (unpaired) electrons. The maximum Gasteiger partial charge on any atom is 0.256 e. The number of aromatic nitrogens is 3. The van der Waals surface area contributed by atoms with Gasteiger partial charge in [-0.05, 0) is 43.5 Å². The molecule has 2 aliphatic heterocycles. The largest absolute Gasteiger partial charge is 0.387 e. The van der Waals surface area contributed by atoms with Gasteiger partial charge in [0.05, 0.1) is 41.8 Å². The number of fused-ring (bicyclic) bond motifs is 6. The zero-order valence-corrected chi connectivity index (χ0v) is 20.8. The highest BCUT2D eigenvalue weighted by molar-refractivity contribution is 6.23. The van der Waals surface area contributed by atoms with Gasteiger partial charge in [0, 0.05) is 61.7 Å².